The van der Waals surface area contributed by atoms with E-state index in [0.29, 0.717) is 19.5 Å². The molecule has 2 saturated heterocycles. The highest BCUT2D eigenvalue weighted by Gasteiger charge is 2.34. The van der Waals surface area contributed by atoms with Crippen molar-refractivity contribution in [3.8, 4) is 0 Å². The maximum atomic E-state index is 12.4. The molecule has 1 N–H and O–H groups in total. The number of sulfonamides is 1. The molecule has 2 aliphatic rings. The van der Waals surface area contributed by atoms with Crippen molar-refractivity contribution >= 4 is 15.9 Å². The highest BCUT2D eigenvalue weighted by Crippen LogP contribution is 2.20. The molecular weight excluding hydrogens is 306 g/mol. The van der Waals surface area contributed by atoms with E-state index >= 15 is 0 Å². The molecule has 2 unspecified atom stereocenters. The third-order valence-electron chi connectivity index (χ3n) is 4.42. The topological polar surface area (TPSA) is 79.0 Å². The van der Waals surface area contributed by atoms with Crippen LogP contribution in [-0.2, 0) is 19.6 Å². The maximum Gasteiger partial charge on any atom is 0.238 e. The molecule has 2 atom stereocenters. The number of nitrogens with zero attached hydrogens (tertiary/aromatic N) is 2. The maximum absolute atomic E-state index is 12.4. The zero-order valence-electron chi connectivity index (χ0n) is 13.5. The second-order valence-corrected chi connectivity index (χ2v) is 8.06. The number of carbonyl (C=O) groups excluding carboxylic acids is 1. The molecular formula is C14H27N3O4S. The molecule has 2 fully saturated rings. The smallest absolute Gasteiger partial charge is 0.238 e. The highest BCUT2D eigenvalue weighted by atomic mass is 32.2. The normalized spacial score (nSPS) is 26.5. The summed E-state index contributed by atoms with van der Waals surface area (Å²) in [5.41, 5.74) is 0. The molecule has 0 aromatic carbocycles. The van der Waals surface area contributed by atoms with E-state index in [-0.39, 0.29) is 11.9 Å². The zero-order chi connectivity index (χ0) is 16.2. The van der Waals surface area contributed by atoms with Crippen molar-refractivity contribution in [3.05, 3.63) is 0 Å². The first kappa shape index (κ1) is 17.7. The highest BCUT2D eigenvalue weighted by molar-refractivity contribution is 7.88. The second kappa shape index (κ2) is 7.72. The summed E-state index contributed by atoms with van der Waals surface area (Å²) in [6.45, 7) is 6.24. The Kier molecular flexibility index (Phi) is 6.19. The first-order valence-electron chi connectivity index (χ1n) is 7.96. The van der Waals surface area contributed by atoms with Crippen LogP contribution in [0.5, 0.6) is 0 Å². The number of ether oxygens (including phenoxy) is 1. The average molecular weight is 333 g/mol. The van der Waals surface area contributed by atoms with Gasteiger partial charge in [-0.05, 0) is 19.8 Å². The first-order chi connectivity index (χ1) is 10.4. The van der Waals surface area contributed by atoms with E-state index in [9.17, 15) is 13.2 Å². The van der Waals surface area contributed by atoms with Crippen LogP contribution in [0.15, 0.2) is 0 Å². The van der Waals surface area contributed by atoms with Crippen LogP contribution in [0.2, 0.25) is 0 Å². The van der Waals surface area contributed by atoms with Crippen LogP contribution in [0.25, 0.3) is 0 Å². The minimum atomic E-state index is -3.33. The number of nitrogens with one attached hydrogen (secondary N) is 1. The first-order valence-corrected chi connectivity index (χ1v) is 9.81. The Labute approximate surface area is 133 Å². The molecule has 7 nitrogen and oxygen atoms in total. The monoisotopic (exact) mass is 333 g/mol. The number of hydrogen-bond acceptors (Lipinski definition) is 5. The van der Waals surface area contributed by atoms with E-state index in [1.54, 1.807) is 0 Å². The number of morpholine rings is 1. The van der Waals surface area contributed by atoms with E-state index in [1.165, 1.54) is 10.6 Å². The lowest BCUT2D eigenvalue weighted by atomic mass is 10.0. The number of hydrogen-bond donors (Lipinski definition) is 1. The summed E-state index contributed by atoms with van der Waals surface area (Å²) >= 11 is 0. The van der Waals surface area contributed by atoms with Crippen LogP contribution >= 0.6 is 0 Å². The summed E-state index contributed by atoms with van der Waals surface area (Å²) in [4.78, 5) is 14.7. The summed E-state index contributed by atoms with van der Waals surface area (Å²) in [5.74, 6) is -0.176. The van der Waals surface area contributed by atoms with Gasteiger partial charge in [-0.3, -0.25) is 9.69 Å². The molecule has 0 aromatic rings. The molecule has 0 aliphatic carbocycles. The lowest BCUT2D eigenvalue weighted by Gasteiger charge is -2.35. The number of piperidine rings is 1. The number of amides is 1. The standard InChI is InChI=1S/C14H27N3O4S/c1-12(16-7-9-21-10-8-16)11-15-14(18)13-5-3-4-6-17(13)22(2,19)20/h12-13H,3-11H2,1-2H3,(H,15,18). The predicted molar refractivity (Wildman–Crippen MR) is 84.1 cm³/mol. The molecule has 0 saturated carbocycles. The molecule has 1 amide bonds. The van der Waals surface area contributed by atoms with Gasteiger partial charge >= 0.3 is 0 Å². The van der Waals surface area contributed by atoms with Crippen molar-refractivity contribution in [3.63, 3.8) is 0 Å². The van der Waals surface area contributed by atoms with Crippen LogP contribution in [0.1, 0.15) is 26.2 Å². The number of carbonyl (C=O) groups is 1. The molecule has 0 radical (unpaired) electrons. The molecule has 2 rings (SSSR count). The van der Waals surface area contributed by atoms with E-state index < -0.39 is 16.1 Å². The summed E-state index contributed by atoms with van der Waals surface area (Å²) < 4.78 is 30.3. The SMILES string of the molecule is CC(CNC(=O)C1CCCCN1S(C)(=O)=O)N1CCOCC1. The quantitative estimate of drug-likeness (QED) is 0.743. The van der Waals surface area contributed by atoms with Gasteiger partial charge in [0.25, 0.3) is 0 Å². The van der Waals surface area contributed by atoms with Crippen LogP contribution in [-0.4, -0.2) is 81.3 Å². The third kappa shape index (κ3) is 4.65. The summed E-state index contributed by atoms with van der Waals surface area (Å²) in [5, 5.41) is 2.92. The van der Waals surface area contributed by atoms with Gasteiger partial charge in [0, 0.05) is 32.2 Å². The molecule has 22 heavy (non-hydrogen) atoms. The summed E-state index contributed by atoms with van der Waals surface area (Å²) in [6.07, 6.45) is 3.49. The van der Waals surface area contributed by atoms with E-state index in [0.717, 1.165) is 39.1 Å². The Morgan fingerprint density at radius 2 is 1.95 bits per heavy atom. The van der Waals surface area contributed by atoms with Gasteiger partial charge < -0.3 is 10.1 Å². The summed E-state index contributed by atoms with van der Waals surface area (Å²) in [6, 6.07) is -0.330. The van der Waals surface area contributed by atoms with Crippen LogP contribution < -0.4 is 5.32 Å². The fourth-order valence-electron chi connectivity index (χ4n) is 3.08. The van der Waals surface area contributed by atoms with Gasteiger partial charge in [0.2, 0.25) is 15.9 Å². The fraction of sp³-hybridized carbons (Fsp3) is 0.929. The van der Waals surface area contributed by atoms with Gasteiger partial charge in [-0.2, -0.15) is 4.31 Å². The van der Waals surface area contributed by atoms with Gasteiger partial charge in [0.15, 0.2) is 0 Å². The van der Waals surface area contributed by atoms with Crippen LogP contribution in [0, 0.1) is 0 Å². The van der Waals surface area contributed by atoms with Gasteiger partial charge in [-0.15, -0.1) is 0 Å². The van der Waals surface area contributed by atoms with E-state index in [4.69, 9.17) is 4.74 Å². The molecule has 128 valence electrons. The largest absolute Gasteiger partial charge is 0.379 e. The molecule has 8 heteroatoms. The zero-order valence-corrected chi connectivity index (χ0v) is 14.3. The van der Waals surface area contributed by atoms with Crippen molar-refractivity contribution in [1.82, 2.24) is 14.5 Å². The number of rotatable bonds is 5. The van der Waals surface area contributed by atoms with Crippen molar-refractivity contribution in [2.75, 3.05) is 45.6 Å². The Morgan fingerprint density at radius 1 is 1.27 bits per heavy atom. The minimum absolute atomic E-state index is 0.176. The fourth-order valence-corrected chi connectivity index (χ4v) is 4.20. The third-order valence-corrected chi connectivity index (χ3v) is 5.71. The van der Waals surface area contributed by atoms with Crippen molar-refractivity contribution in [2.45, 2.75) is 38.3 Å². The van der Waals surface area contributed by atoms with Crippen LogP contribution in [0.3, 0.4) is 0 Å². The van der Waals surface area contributed by atoms with Crippen molar-refractivity contribution in [1.29, 1.82) is 0 Å². The Balaban J connectivity index is 1.87. The lowest BCUT2D eigenvalue weighted by Crippen LogP contribution is -2.54. The van der Waals surface area contributed by atoms with Gasteiger partial charge in [-0.1, -0.05) is 6.42 Å². The van der Waals surface area contributed by atoms with E-state index in [1.807, 2.05) is 0 Å². The van der Waals surface area contributed by atoms with Crippen molar-refractivity contribution in [2.24, 2.45) is 0 Å². The summed E-state index contributed by atoms with van der Waals surface area (Å²) in [7, 11) is -3.33. The van der Waals surface area contributed by atoms with Crippen molar-refractivity contribution < 1.29 is 17.9 Å². The average Bonchev–Trinajstić information content (AvgIpc) is 2.52. The Morgan fingerprint density at radius 3 is 2.59 bits per heavy atom. The molecule has 0 bridgehead atoms. The second-order valence-electron chi connectivity index (χ2n) is 6.13. The predicted octanol–water partition coefficient (Wildman–Crippen LogP) is -0.363. The minimum Gasteiger partial charge on any atom is -0.379 e. The lowest BCUT2D eigenvalue weighted by molar-refractivity contribution is -0.126. The Hall–Kier alpha value is -0.700. The van der Waals surface area contributed by atoms with Gasteiger partial charge in [0.1, 0.15) is 6.04 Å². The Bertz CT molecular complexity index is 476. The van der Waals surface area contributed by atoms with Crippen LogP contribution in [0.4, 0.5) is 0 Å². The molecule has 0 aromatic heterocycles. The van der Waals surface area contributed by atoms with Gasteiger partial charge in [-0.25, -0.2) is 8.42 Å². The van der Waals surface area contributed by atoms with Gasteiger partial charge in [0.05, 0.1) is 19.5 Å². The molecule has 2 heterocycles. The molecule has 0 spiro atoms. The van der Waals surface area contributed by atoms with E-state index in [2.05, 4.69) is 17.1 Å². The molecule has 2 aliphatic heterocycles.